The molecule has 25 heavy (non-hydrogen) atoms. The van der Waals surface area contributed by atoms with Crippen LogP contribution in [0, 0.1) is 6.92 Å². The third kappa shape index (κ3) is 2.61. The van der Waals surface area contributed by atoms with Crippen LogP contribution in [-0.2, 0) is 12.6 Å². The van der Waals surface area contributed by atoms with Gasteiger partial charge in [-0.1, -0.05) is 23.7 Å². The fourth-order valence-corrected chi connectivity index (χ4v) is 3.81. The summed E-state index contributed by atoms with van der Waals surface area (Å²) in [5, 5.41) is 5.24. The van der Waals surface area contributed by atoms with Crippen LogP contribution in [0.15, 0.2) is 47.4 Å². The van der Waals surface area contributed by atoms with Crippen molar-refractivity contribution >= 4 is 28.3 Å². The van der Waals surface area contributed by atoms with Crippen molar-refractivity contribution in [2.24, 2.45) is 7.05 Å². The minimum atomic E-state index is -0.157. The first-order valence-corrected chi connectivity index (χ1v) is 8.88. The molecule has 5 heteroatoms. The second kappa shape index (κ2) is 5.88. The Morgan fingerprint density at radius 3 is 2.72 bits per heavy atom. The van der Waals surface area contributed by atoms with Gasteiger partial charge in [0.2, 0.25) is 0 Å². The molecular formula is C20H20ClN3O. The minimum absolute atomic E-state index is 0.0808. The van der Waals surface area contributed by atoms with E-state index in [9.17, 15) is 4.79 Å². The SMILES string of the molecule is Cc1c(Cl)cccc1C1(Nc2ccc3ccn(C)c(=O)c3n2)CCC1. The monoisotopic (exact) mass is 353 g/mol. The van der Waals surface area contributed by atoms with Crippen molar-refractivity contribution in [2.45, 2.75) is 31.7 Å². The number of halogens is 1. The van der Waals surface area contributed by atoms with Crippen LogP contribution < -0.4 is 10.9 Å². The molecule has 0 saturated heterocycles. The number of nitrogens with one attached hydrogen (secondary N) is 1. The maximum Gasteiger partial charge on any atom is 0.276 e. The standard InChI is InChI=1S/C20H20ClN3O/c1-13-15(5-3-6-16(13)21)20(10-4-11-20)23-17-8-7-14-9-12-24(2)19(25)18(14)22-17/h3,5-9,12H,4,10-11H2,1-2H3,(H,22,23). The summed E-state index contributed by atoms with van der Waals surface area (Å²) in [6.45, 7) is 2.06. The molecule has 1 saturated carbocycles. The number of fused-ring (bicyclic) bond motifs is 1. The van der Waals surface area contributed by atoms with E-state index in [1.807, 2.05) is 30.3 Å². The van der Waals surface area contributed by atoms with Gasteiger partial charge >= 0.3 is 0 Å². The summed E-state index contributed by atoms with van der Waals surface area (Å²) in [5.41, 5.74) is 2.58. The number of nitrogens with zero attached hydrogens (tertiary/aromatic N) is 2. The Kier molecular flexibility index (Phi) is 3.80. The number of pyridine rings is 2. The van der Waals surface area contributed by atoms with E-state index in [1.54, 1.807) is 17.8 Å². The quantitative estimate of drug-likeness (QED) is 0.759. The Morgan fingerprint density at radius 2 is 2.00 bits per heavy atom. The lowest BCUT2D eigenvalue weighted by Gasteiger charge is -2.44. The van der Waals surface area contributed by atoms with Gasteiger partial charge in [0, 0.05) is 23.7 Å². The van der Waals surface area contributed by atoms with Gasteiger partial charge in [0.1, 0.15) is 11.3 Å². The van der Waals surface area contributed by atoms with E-state index >= 15 is 0 Å². The minimum Gasteiger partial charge on any atom is -0.361 e. The average molecular weight is 354 g/mol. The number of hydrogen-bond acceptors (Lipinski definition) is 3. The Morgan fingerprint density at radius 1 is 1.20 bits per heavy atom. The summed E-state index contributed by atoms with van der Waals surface area (Å²) in [5.74, 6) is 0.731. The van der Waals surface area contributed by atoms with E-state index in [0.29, 0.717) is 5.52 Å². The molecule has 128 valence electrons. The average Bonchev–Trinajstić information content (AvgIpc) is 2.58. The van der Waals surface area contributed by atoms with Crippen molar-refractivity contribution in [3.63, 3.8) is 0 Å². The lowest BCUT2D eigenvalue weighted by atomic mass is 9.70. The van der Waals surface area contributed by atoms with Gasteiger partial charge < -0.3 is 9.88 Å². The van der Waals surface area contributed by atoms with E-state index in [2.05, 4.69) is 23.3 Å². The van der Waals surface area contributed by atoms with Gasteiger partial charge in [0.15, 0.2) is 0 Å². The van der Waals surface area contributed by atoms with Gasteiger partial charge in [-0.25, -0.2) is 4.98 Å². The van der Waals surface area contributed by atoms with E-state index in [0.717, 1.165) is 41.1 Å². The molecule has 2 aromatic heterocycles. The van der Waals surface area contributed by atoms with Crippen molar-refractivity contribution in [1.29, 1.82) is 0 Å². The maximum absolute atomic E-state index is 12.4. The molecule has 0 aliphatic heterocycles. The number of aromatic nitrogens is 2. The second-order valence-electron chi connectivity index (χ2n) is 6.84. The molecule has 1 aromatic carbocycles. The Balaban J connectivity index is 1.78. The van der Waals surface area contributed by atoms with Gasteiger partial charge in [-0.05, 0) is 61.6 Å². The van der Waals surface area contributed by atoms with E-state index < -0.39 is 0 Å². The van der Waals surface area contributed by atoms with Crippen molar-refractivity contribution in [2.75, 3.05) is 5.32 Å². The third-order valence-electron chi connectivity index (χ3n) is 5.28. The molecule has 4 nitrogen and oxygen atoms in total. The number of benzene rings is 1. The summed E-state index contributed by atoms with van der Waals surface area (Å²) >= 11 is 6.33. The summed E-state index contributed by atoms with van der Waals surface area (Å²) in [6.07, 6.45) is 4.98. The number of rotatable bonds is 3. The second-order valence-corrected chi connectivity index (χ2v) is 7.25. The molecule has 0 spiro atoms. The molecule has 0 radical (unpaired) electrons. The largest absolute Gasteiger partial charge is 0.361 e. The van der Waals surface area contributed by atoms with Gasteiger partial charge in [0.25, 0.3) is 5.56 Å². The summed E-state index contributed by atoms with van der Waals surface area (Å²) in [7, 11) is 1.74. The van der Waals surface area contributed by atoms with Crippen LogP contribution in [0.4, 0.5) is 5.82 Å². The van der Waals surface area contributed by atoms with Crippen LogP contribution in [-0.4, -0.2) is 9.55 Å². The first-order chi connectivity index (χ1) is 12.0. The number of anilines is 1. The van der Waals surface area contributed by atoms with Crippen molar-refractivity contribution < 1.29 is 0 Å². The first-order valence-electron chi connectivity index (χ1n) is 8.50. The molecule has 3 aromatic rings. The zero-order valence-electron chi connectivity index (χ0n) is 14.3. The number of aryl methyl sites for hydroxylation is 1. The van der Waals surface area contributed by atoms with Crippen molar-refractivity contribution in [3.05, 3.63) is 69.1 Å². The molecular weight excluding hydrogens is 334 g/mol. The lowest BCUT2D eigenvalue weighted by Crippen LogP contribution is -2.43. The highest BCUT2D eigenvalue weighted by Gasteiger charge is 2.40. The highest BCUT2D eigenvalue weighted by atomic mass is 35.5. The summed E-state index contributed by atoms with van der Waals surface area (Å²) in [4.78, 5) is 17.0. The smallest absolute Gasteiger partial charge is 0.276 e. The zero-order valence-corrected chi connectivity index (χ0v) is 15.1. The molecule has 0 unspecified atom stereocenters. The normalized spacial score (nSPS) is 15.8. The van der Waals surface area contributed by atoms with E-state index in [-0.39, 0.29) is 11.1 Å². The van der Waals surface area contributed by atoms with Crippen LogP contribution in [0.5, 0.6) is 0 Å². The molecule has 1 fully saturated rings. The van der Waals surface area contributed by atoms with Crippen LogP contribution in [0.3, 0.4) is 0 Å². The van der Waals surface area contributed by atoms with Gasteiger partial charge in [-0.15, -0.1) is 0 Å². The molecule has 0 bridgehead atoms. The third-order valence-corrected chi connectivity index (χ3v) is 5.69. The molecule has 2 heterocycles. The number of hydrogen-bond donors (Lipinski definition) is 1. The van der Waals surface area contributed by atoms with Crippen molar-refractivity contribution in [1.82, 2.24) is 9.55 Å². The zero-order chi connectivity index (χ0) is 17.6. The fraction of sp³-hybridized carbons (Fsp3) is 0.300. The van der Waals surface area contributed by atoms with Gasteiger partial charge in [-0.3, -0.25) is 4.79 Å². The molecule has 1 N–H and O–H groups in total. The topological polar surface area (TPSA) is 46.9 Å². The van der Waals surface area contributed by atoms with Gasteiger partial charge in [-0.2, -0.15) is 0 Å². The summed E-state index contributed by atoms with van der Waals surface area (Å²) in [6, 6.07) is 11.9. The van der Waals surface area contributed by atoms with Gasteiger partial charge in [0.05, 0.1) is 5.54 Å². The Labute approximate surface area is 151 Å². The van der Waals surface area contributed by atoms with Crippen LogP contribution >= 0.6 is 11.6 Å². The van der Waals surface area contributed by atoms with Crippen LogP contribution in [0.2, 0.25) is 5.02 Å². The molecule has 4 rings (SSSR count). The van der Waals surface area contributed by atoms with Crippen LogP contribution in [0.1, 0.15) is 30.4 Å². The highest BCUT2D eigenvalue weighted by molar-refractivity contribution is 6.31. The highest BCUT2D eigenvalue weighted by Crippen LogP contribution is 2.46. The maximum atomic E-state index is 12.4. The summed E-state index contributed by atoms with van der Waals surface area (Å²) < 4.78 is 1.55. The van der Waals surface area contributed by atoms with E-state index in [4.69, 9.17) is 11.6 Å². The predicted octanol–water partition coefficient (Wildman–Crippen LogP) is 4.39. The van der Waals surface area contributed by atoms with Crippen molar-refractivity contribution in [3.8, 4) is 0 Å². The van der Waals surface area contributed by atoms with Crippen LogP contribution in [0.25, 0.3) is 10.9 Å². The fourth-order valence-electron chi connectivity index (χ4n) is 3.64. The molecule has 0 amide bonds. The molecule has 1 aliphatic carbocycles. The molecule has 0 atom stereocenters. The first kappa shape index (κ1) is 16.2. The molecule has 1 aliphatic rings. The predicted molar refractivity (Wildman–Crippen MR) is 102 cm³/mol. The Hall–Kier alpha value is -2.33. The lowest BCUT2D eigenvalue weighted by molar-refractivity contribution is 0.282. The van der Waals surface area contributed by atoms with E-state index in [1.165, 1.54) is 5.56 Å². The Bertz CT molecular complexity index is 1020.